The third-order valence-corrected chi connectivity index (χ3v) is 8.18. The van der Waals surface area contributed by atoms with E-state index in [1.54, 1.807) is 24.3 Å². The summed E-state index contributed by atoms with van der Waals surface area (Å²) in [5.74, 6) is -0.228. The molecular weight excluding hydrogens is 479 g/mol. The highest BCUT2D eigenvalue weighted by molar-refractivity contribution is 8.05. The van der Waals surface area contributed by atoms with Crippen LogP contribution in [0.25, 0.3) is 0 Å². The standard InChI is InChI=1S/C26H14Cl2O2S2/c27-19-13-23-21(11-17(19)25(29)15-7-3-1-4-8-15)31-24-14-20(28)18(12-22(24)32-23)26(30)16-9-5-2-6-10-16/h1-14H. The van der Waals surface area contributed by atoms with Crippen LogP contribution in [0, 0.1) is 0 Å². The number of hydrogen-bond acceptors (Lipinski definition) is 4. The topological polar surface area (TPSA) is 34.1 Å². The number of rotatable bonds is 4. The quantitative estimate of drug-likeness (QED) is 0.237. The summed E-state index contributed by atoms with van der Waals surface area (Å²) < 4.78 is 0. The lowest BCUT2D eigenvalue weighted by Gasteiger charge is -2.21. The molecule has 0 atom stereocenters. The Kier molecular flexibility index (Phi) is 5.87. The van der Waals surface area contributed by atoms with Gasteiger partial charge in [0.15, 0.2) is 11.6 Å². The molecule has 1 heterocycles. The number of ketones is 2. The molecule has 156 valence electrons. The summed E-state index contributed by atoms with van der Waals surface area (Å²) in [6, 6.07) is 25.5. The van der Waals surface area contributed by atoms with Gasteiger partial charge < -0.3 is 0 Å². The lowest BCUT2D eigenvalue weighted by molar-refractivity contribution is 0.103. The fraction of sp³-hybridized carbons (Fsp3) is 0. The van der Waals surface area contributed by atoms with Gasteiger partial charge in [0, 0.05) is 41.8 Å². The second-order valence-corrected chi connectivity index (χ2v) is 10.1. The normalized spacial score (nSPS) is 12.1. The van der Waals surface area contributed by atoms with Gasteiger partial charge >= 0.3 is 0 Å². The number of carbonyl (C=O) groups is 2. The Morgan fingerprint density at radius 2 is 0.875 bits per heavy atom. The second-order valence-electron chi connectivity index (χ2n) is 7.15. The van der Waals surface area contributed by atoms with E-state index in [4.69, 9.17) is 23.2 Å². The lowest BCUT2D eigenvalue weighted by Crippen LogP contribution is -2.05. The van der Waals surface area contributed by atoms with Crippen molar-refractivity contribution < 1.29 is 9.59 Å². The number of hydrogen-bond donors (Lipinski definition) is 0. The molecule has 0 N–H and O–H groups in total. The van der Waals surface area contributed by atoms with E-state index >= 15 is 0 Å². The largest absolute Gasteiger partial charge is 0.289 e. The highest BCUT2D eigenvalue weighted by Gasteiger charge is 2.24. The van der Waals surface area contributed by atoms with E-state index in [0.29, 0.717) is 32.3 Å². The van der Waals surface area contributed by atoms with Crippen molar-refractivity contribution in [3.63, 3.8) is 0 Å². The Balaban J connectivity index is 1.50. The number of benzene rings is 4. The number of fused-ring (bicyclic) bond motifs is 2. The molecule has 0 saturated carbocycles. The summed E-state index contributed by atoms with van der Waals surface area (Å²) in [5.41, 5.74) is 2.12. The average molecular weight is 493 g/mol. The van der Waals surface area contributed by atoms with Gasteiger partial charge in [-0.3, -0.25) is 9.59 Å². The van der Waals surface area contributed by atoms with Crippen LogP contribution in [0.5, 0.6) is 0 Å². The Hall–Kier alpha value is -2.50. The summed E-state index contributed by atoms with van der Waals surface area (Å²) in [7, 11) is 0. The van der Waals surface area contributed by atoms with Gasteiger partial charge in [-0.2, -0.15) is 0 Å². The maximum atomic E-state index is 12.9. The monoisotopic (exact) mass is 492 g/mol. The Morgan fingerprint density at radius 1 is 0.531 bits per heavy atom. The maximum Gasteiger partial charge on any atom is 0.194 e. The SMILES string of the molecule is O=C(c1ccccc1)c1cc2c(cc1Cl)Sc1cc(C(=O)c3ccccc3)c(Cl)cc1S2. The number of halogens is 2. The van der Waals surface area contributed by atoms with Crippen LogP contribution in [-0.2, 0) is 0 Å². The molecule has 0 fully saturated rings. The van der Waals surface area contributed by atoms with Gasteiger partial charge in [-0.05, 0) is 24.3 Å². The van der Waals surface area contributed by atoms with Gasteiger partial charge in [0.25, 0.3) is 0 Å². The molecule has 6 heteroatoms. The fourth-order valence-corrected chi connectivity index (χ4v) is 6.41. The van der Waals surface area contributed by atoms with Crippen LogP contribution in [0.2, 0.25) is 10.0 Å². The molecule has 0 aromatic heterocycles. The molecule has 0 unspecified atom stereocenters. The Labute approximate surface area is 204 Å². The average Bonchev–Trinajstić information content (AvgIpc) is 2.82. The molecular formula is C26H14Cl2O2S2. The van der Waals surface area contributed by atoms with Gasteiger partial charge in [0.05, 0.1) is 10.0 Å². The molecule has 0 amide bonds. The van der Waals surface area contributed by atoms with Crippen molar-refractivity contribution in [1.82, 2.24) is 0 Å². The molecule has 2 nitrogen and oxygen atoms in total. The van der Waals surface area contributed by atoms with E-state index in [2.05, 4.69) is 0 Å². The van der Waals surface area contributed by atoms with Gasteiger partial charge in [0.1, 0.15) is 0 Å². The maximum absolute atomic E-state index is 12.9. The zero-order chi connectivity index (χ0) is 22.2. The highest BCUT2D eigenvalue weighted by atomic mass is 35.5. The second kappa shape index (κ2) is 8.80. The minimum atomic E-state index is -0.114. The Morgan fingerprint density at radius 3 is 1.25 bits per heavy atom. The molecule has 5 rings (SSSR count). The predicted molar refractivity (Wildman–Crippen MR) is 131 cm³/mol. The van der Waals surface area contributed by atoms with Crippen LogP contribution < -0.4 is 0 Å². The van der Waals surface area contributed by atoms with Gasteiger partial charge in [-0.25, -0.2) is 0 Å². The summed E-state index contributed by atoms with van der Waals surface area (Å²) >= 11 is 16.0. The van der Waals surface area contributed by atoms with E-state index in [1.807, 2.05) is 60.7 Å². The van der Waals surface area contributed by atoms with Crippen molar-refractivity contribution in [2.45, 2.75) is 19.6 Å². The van der Waals surface area contributed by atoms with Gasteiger partial charge in [0.2, 0.25) is 0 Å². The van der Waals surface area contributed by atoms with Gasteiger partial charge in [-0.1, -0.05) is 107 Å². The summed E-state index contributed by atoms with van der Waals surface area (Å²) in [6.07, 6.45) is 0. The van der Waals surface area contributed by atoms with Crippen molar-refractivity contribution >= 4 is 58.3 Å². The summed E-state index contributed by atoms with van der Waals surface area (Å²) in [6.45, 7) is 0. The van der Waals surface area contributed by atoms with E-state index in [-0.39, 0.29) is 11.6 Å². The molecule has 32 heavy (non-hydrogen) atoms. The van der Waals surface area contributed by atoms with Crippen molar-refractivity contribution in [2.75, 3.05) is 0 Å². The van der Waals surface area contributed by atoms with Crippen molar-refractivity contribution in [3.05, 3.63) is 117 Å². The molecule has 0 saturated heterocycles. The van der Waals surface area contributed by atoms with Crippen LogP contribution in [0.3, 0.4) is 0 Å². The fourth-order valence-electron chi connectivity index (χ4n) is 3.46. The molecule has 4 aromatic carbocycles. The third kappa shape index (κ3) is 4.00. The van der Waals surface area contributed by atoms with E-state index in [0.717, 1.165) is 19.6 Å². The zero-order valence-corrected chi connectivity index (χ0v) is 19.6. The van der Waals surface area contributed by atoms with Crippen LogP contribution in [0.1, 0.15) is 31.8 Å². The first-order valence-electron chi connectivity index (χ1n) is 9.73. The molecule has 1 aliphatic rings. The highest BCUT2D eigenvalue weighted by Crippen LogP contribution is 2.51. The number of carbonyl (C=O) groups excluding carboxylic acids is 2. The summed E-state index contributed by atoms with van der Waals surface area (Å²) in [4.78, 5) is 29.6. The molecule has 0 spiro atoms. The molecule has 4 aromatic rings. The van der Waals surface area contributed by atoms with E-state index < -0.39 is 0 Å². The minimum absolute atomic E-state index is 0.114. The Bertz CT molecular complexity index is 1260. The first kappa shape index (κ1) is 21.4. The van der Waals surface area contributed by atoms with Crippen molar-refractivity contribution in [3.8, 4) is 0 Å². The van der Waals surface area contributed by atoms with Gasteiger partial charge in [-0.15, -0.1) is 0 Å². The van der Waals surface area contributed by atoms with E-state index in [9.17, 15) is 9.59 Å². The third-order valence-electron chi connectivity index (χ3n) is 5.07. The summed E-state index contributed by atoms with van der Waals surface area (Å²) in [5, 5.41) is 0.812. The first-order valence-corrected chi connectivity index (χ1v) is 12.1. The molecule has 0 radical (unpaired) electrons. The smallest absolute Gasteiger partial charge is 0.194 e. The van der Waals surface area contributed by atoms with E-state index in [1.165, 1.54) is 23.5 Å². The van der Waals surface area contributed by atoms with Crippen molar-refractivity contribution in [2.24, 2.45) is 0 Å². The lowest BCUT2D eigenvalue weighted by atomic mass is 10.0. The zero-order valence-electron chi connectivity index (χ0n) is 16.5. The molecule has 0 aliphatic carbocycles. The predicted octanol–water partition coefficient (Wildman–Crippen LogP) is 8.07. The van der Waals surface area contributed by atoms with Crippen LogP contribution >= 0.6 is 46.7 Å². The van der Waals surface area contributed by atoms with Crippen LogP contribution in [-0.4, -0.2) is 11.6 Å². The first-order chi connectivity index (χ1) is 15.5. The minimum Gasteiger partial charge on any atom is -0.289 e. The van der Waals surface area contributed by atoms with Crippen molar-refractivity contribution in [1.29, 1.82) is 0 Å². The molecule has 1 aliphatic heterocycles. The van der Waals surface area contributed by atoms with Crippen LogP contribution in [0.15, 0.2) is 105 Å². The molecule has 0 bridgehead atoms. The van der Waals surface area contributed by atoms with Crippen LogP contribution in [0.4, 0.5) is 0 Å².